The van der Waals surface area contributed by atoms with E-state index in [2.05, 4.69) is 31.4 Å². The average Bonchev–Trinajstić information content (AvgIpc) is 2.87. The van der Waals surface area contributed by atoms with Gasteiger partial charge in [-0.25, -0.2) is 4.98 Å². The first-order chi connectivity index (χ1) is 11.1. The van der Waals surface area contributed by atoms with Crippen LogP contribution in [-0.2, 0) is 6.54 Å². The minimum absolute atomic E-state index is 0.493. The smallest absolute Gasteiger partial charge is 0.208 e. The Balaban J connectivity index is 1.70. The van der Waals surface area contributed by atoms with E-state index in [4.69, 9.17) is 10.8 Å². The van der Waals surface area contributed by atoms with Gasteiger partial charge >= 0.3 is 0 Å². The summed E-state index contributed by atoms with van der Waals surface area (Å²) in [5, 5.41) is 6.42. The van der Waals surface area contributed by atoms with Crippen molar-refractivity contribution in [3.05, 3.63) is 17.3 Å². The molecule has 1 aliphatic heterocycles. The number of hydrogen-bond donors (Lipinski definition) is 2. The molecule has 1 aliphatic rings. The fraction of sp³-hybridized carbons (Fsp3) is 0.647. The predicted octanol–water partition coefficient (Wildman–Crippen LogP) is 1.30. The van der Waals surface area contributed by atoms with Gasteiger partial charge in [-0.15, -0.1) is 6.42 Å². The molecular formula is C17H27N5O. The van der Waals surface area contributed by atoms with Crippen molar-refractivity contribution < 1.29 is 4.42 Å². The SMILES string of the molecule is C#CCNC(=NC)NCC1CCN(Cc2nc(C)c(C)o2)CC1. The van der Waals surface area contributed by atoms with Gasteiger partial charge < -0.3 is 15.1 Å². The molecule has 0 radical (unpaired) electrons. The number of guanidine groups is 1. The third kappa shape index (κ3) is 5.29. The van der Waals surface area contributed by atoms with Gasteiger partial charge in [-0.1, -0.05) is 5.92 Å². The highest BCUT2D eigenvalue weighted by Gasteiger charge is 2.21. The number of nitrogens with zero attached hydrogens (tertiary/aromatic N) is 3. The number of aryl methyl sites for hydroxylation is 2. The van der Waals surface area contributed by atoms with E-state index in [1.54, 1.807) is 7.05 Å². The number of piperidine rings is 1. The Morgan fingerprint density at radius 3 is 2.70 bits per heavy atom. The molecule has 0 saturated carbocycles. The molecular weight excluding hydrogens is 290 g/mol. The van der Waals surface area contributed by atoms with Crippen LogP contribution < -0.4 is 10.6 Å². The number of terminal acetylenes is 1. The normalized spacial score (nSPS) is 17.0. The van der Waals surface area contributed by atoms with Crippen molar-refractivity contribution >= 4 is 5.96 Å². The fourth-order valence-electron chi connectivity index (χ4n) is 2.74. The first kappa shape index (κ1) is 17.4. The summed E-state index contributed by atoms with van der Waals surface area (Å²) in [6.45, 7) is 8.32. The standard InChI is InChI=1S/C17H27N5O/c1-5-8-19-17(18-4)20-11-15-6-9-22(10-7-15)12-16-21-13(2)14(3)23-16/h1,15H,6-12H2,2-4H3,(H2,18,19,20). The van der Waals surface area contributed by atoms with Gasteiger partial charge in [0.2, 0.25) is 5.89 Å². The number of hydrogen-bond acceptors (Lipinski definition) is 4. The van der Waals surface area contributed by atoms with E-state index in [9.17, 15) is 0 Å². The molecule has 1 saturated heterocycles. The average molecular weight is 317 g/mol. The first-order valence-corrected chi connectivity index (χ1v) is 8.15. The number of nitrogens with one attached hydrogen (secondary N) is 2. The van der Waals surface area contributed by atoms with Gasteiger partial charge in [-0.05, 0) is 45.7 Å². The summed E-state index contributed by atoms with van der Waals surface area (Å²) in [5.41, 5.74) is 0.991. The van der Waals surface area contributed by atoms with Crippen molar-refractivity contribution in [3.8, 4) is 12.3 Å². The zero-order valence-electron chi connectivity index (χ0n) is 14.4. The third-order valence-corrected chi connectivity index (χ3v) is 4.28. The molecule has 0 bridgehead atoms. The lowest BCUT2D eigenvalue weighted by Crippen LogP contribution is -2.42. The highest BCUT2D eigenvalue weighted by atomic mass is 16.4. The van der Waals surface area contributed by atoms with Crippen molar-refractivity contribution in [1.82, 2.24) is 20.5 Å². The van der Waals surface area contributed by atoms with E-state index in [1.807, 2.05) is 13.8 Å². The third-order valence-electron chi connectivity index (χ3n) is 4.28. The second-order valence-electron chi connectivity index (χ2n) is 5.98. The van der Waals surface area contributed by atoms with E-state index in [0.717, 1.165) is 62.3 Å². The van der Waals surface area contributed by atoms with Crippen LogP contribution >= 0.6 is 0 Å². The molecule has 6 heteroatoms. The summed E-state index contributed by atoms with van der Waals surface area (Å²) in [6.07, 6.45) is 7.58. The summed E-state index contributed by atoms with van der Waals surface area (Å²) >= 11 is 0. The molecule has 23 heavy (non-hydrogen) atoms. The maximum Gasteiger partial charge on any atom is 0.208 e. The van der Waals surface area contributed by atoms with Crippen molar-refractivity contribution in [2.24, 2.45) is 10.9 Å². The summed E-state index contributed by atoms with van der Waals surface area (Å²) in [5.74, 6) is 5.73. The zero-order chi connectivity index (χ0) is 16.7. The Labute approximate surface area is 138 Å². The van der Waals surface area contributed by atoms with Crippen LogP contribution in [-0.4, -0.2) is 49.1 Å². The largest absolute Gasteiger partial charge is 0.444 e. The molecule has 1 aromatic heterocycles. The van der Waals surface area contributed by atoms with E-state index in [-0.39, 0.29) is 0 Å². The Bertz CT molecular complexity index is 545. The van der Waals surface area contributed by atoms with Crippen molar-refractivity contribution in [2.45, 2.75) is 33.2 Å². The van der Waals surface area contributed by atoms with Crippen LogP contribution in [0.5, 0.6) is 0 Å². The van der Waals surface area contributed by atoms with Crippen LogP contribution in [0.3, 0.4) is 0 Å². The van der Waals surface area contributed by atoms with Gasteiger partial charge in [0.1, 0.15) is 5.76 Å². The van der Waals surface area contributed by atoms with E-state index >= 15 is 0 Å². The number of likely N-dealkylation sites (tertiary alicyclic amines) is 1. The second-order valence-corrected chi connectivity index (χ2v) is 5.98. The summed E-state index contributed by atoms with van der Waals surface area (Å²) in [4.78, 5) is 11.0. The molecule has 126 valence electrons. The topological polar surface area (TPSA) is 65.7 Å². The predicted molar refractivity (Wildman–Crippen MR) is 92.2 cm³/mol. The minimum atomic E-state index is 0.493. The Morgan fingerprint density at radius 2 is 2.13 bits per heavy atom. The van der Waals surface area contributed by atoms with E-state index < -0.39 is 0 Å². The van der Waals surface area contributed by atoms with Crippen LogP contribution in [0.2, 0.25) is 0 Å². The lowest BCUT2D eigenvalue weighted by atomic mass is 9.97. The zero-order valence-corrected chi connectivity index (χ0v) is 14.4. The monoisotopic (exact) mass is 317 g/mol. The lowest BCUT2D eigenvalue weighted by molar-refractivity contribution is 0.164. The Morgan fingerprint density at radius 1 is 1.39 bits per heavy atom. The van der Waals surface area contributed by atoms with Gasteiger partial charge in [0, 0.05) is 13.6 Å². The highest BCUT2D eigenvalue weighted by Crippen LogP contribution is 2.19. The summed E-state index contributed by atoms with van der Waals surface area (Å²) < 4.78 is 5.67. The molecule has 0 atom stereocenters. The Kier molecular flexibility index (Phi) is 6.48. The molecule has 0 aromatic carbocycles. The number of aromatic nitrogens is 1. The Hall–Kier alpha value is -2.00. The van der Waals surface area contributed by atoms with Crippen LogP contribution in [0.1, 0.15) is 30.2 Å². The van der Waals surface area contributed by atoms with Crippen LogP contribution in [0, 0.1) is 32.1 Å². The van der Waals surface area contributed by atoms with E-state index in [1.165, 1.54) is 0 Å². The molecule has 0 unspecified atom stereocenters. The fourth-order valence-corrected chi connectivity index (χ4v) is 2.74. The second kappa shape index (κ2) is 8.59. The van der Waals surface area contributed by atoms with Crippen molar-refractivity contribution in [2.75, 3.05) is 33.2 Å². The quantitative estimate of drug-likeness (QED) is 0.487. The van der Waals surface area contributed by atoms with Crippen molar-refractivity contribution in [3.63, 3.8) is 0 Å². The minimum Gasteiger partial charge on any atom is -0.444 e. The maximum absolute atomic E-state index is 5.67. The highest BCUT2D eigenvalue weighted by molar-refractivity contribution is 5.79. The summed E-state index contributed by atoms with van der Waals surface area (Å²) in [6, 6.07) is 0. The van der Waals surface area contributed by atoms with E-state index in [0.29, 0.717) is 12.5 Å². The number of aliphatic imine (C=N–C) groups is 1. The van der Waals surface area contributed by atoms with Crippen molar-refractivity contribution in [1.29, 1.82) is 0 Å². The van der Waals surface area contributed by atoms with Crippen LogP contribution in [0.25, 0.3) is 0 Å². The molecule has 0 amide bonds. The molecule has 6 nitrogen and oxygen atoms in total. The van der Waals surface area contributed by atoms with Crippen LogP contribution in [0.4, 0.5) is 0 Å². The molecule has 1 fully saturated rings. The number of oxazole rings is 1. The maximum atomic E-state index is 5.67. The molecule has 2 N–H and O–H groups in total. The van der Waals surface area contributed by atoms with Gasteiger partial charge in [0.25, 0.3) is 0 Å². The van der Waals surface area contributed by atoms with Gasteiger partial charge in [0.15, 0.2) is 5.96 Å². The molecule has 0 aliphatic carbocycles. The first-order valence-electron chi connectivity index (χ1n) is 8.15. The number of rotatable bonds is 5. The van der Waals surface area contributed by atoms with Gasteiger partial charge in [0.05, 0.1) is 18.8 Å². The van der Waals surface area contributed by atoms with Crippen LogP contribution in [0.15, 0.2) is 9.41 Å². The van der Waals surface area contributed by atoms with Gasteiger partial charge in [-0.2, -0.15) is 0 Å². The molecule has 1 aromatic rings. The molecule has 2 rings (SSSR count). The molecule has 2 heterocycles. The summed E-state index contributed by atoms with van der Waals surface area (Å²) in [7, 11) is 1.76. The van der Waals surface area contributed by atoms with Gasteiger partial charge in [-0.3, -0.25) is 9.89 Å². The molecule has 0 spiro atoms. The lowest BCUT2D eigenvalue weighted by Gasteiger charge is -2.31.